The van der Waals surface area contributed by atoms with Crippen LogP contribution in [-0.4, -0.2) is 5.91 Å². The monoisotopic (exact) mass is 197 g/mol. The van der Waals surface area contributed by atoms with Gasteiger partial charge in [-0.15, -0.1) is 22.7 Å². The van der Waals surface area contributed by atoms with Crippen LogP contribution in [-0.2, 0) is 0 Å². The van der Waals surface area contributed by atoms with Gasteiger partial charge in [0.25, 0.3) is 0 Å². The predicted molar refractivity (Wildman–Crippen MR) is 53.0 cm³/mol. The van der Waals surface area contributed by atoms with Gasteiger partial charge in [-0.1, -0.05) is 0 Å². The predicted octanol–water partition coefficient (Wildman–Crippen LogP) is 2.37. The summed E-state index contributed by atoms with van der Waals surface area (Å²) in [4.78, 5) is 11.0. The molecule has 0 aliphatic heterocycles. The summed E-state index contributed by atoms with van der Waals surface area (Å²) >= 11 is 3.24. The van der Waals surface area contributed by atoms with Crippen molar-refractivity contribution < 1.29 is 4.79 Å². The molecular formula is C8H7NOS2. The molecule has 2 aromatic rings. The highest BCUT2D eigenvalue weighted by atomic mass is 32.2. The summed E-state index contributed by atoms with van der Waals surface area (Å²) in [7, 11) is 0. The maximum absolute atomic E-state index is 11.0. The molecule has 0 atom stereocenters. The van der Waals surface area contributed by atoms with Crippen molar-refractivity contribution in [3.63, 3.8) is 0 Å². The molecule has 0 radical (unpaired) electrons. The van der Waals surface area contributed by atoms with Crippen LogP contribution in [0.25, 0.3) is 9.40 Å². The van der Waals surface area contributed by atoms with Crippen LogP contribution < -0.4 is 5.73 Å². The van der Waals surface area contributed by atoms with Crippen molar-refractivity contribution in [2.45, 2.75) is 6.92 Å². The lowest BCUT2D eigenvalue weighted by atomic mass is 10.2. The Morgan fingerprint density at radius 1 is 1.42 bits per heavy atom. The van der Waals surface area contributed by atoms with Crippen LogP contribution in [0.1, 0.15) is 15.9 Å². The quantitative estimate of drug-likeness (QED) is 0.749. The third-order valence-electron chi connectivity index (χ3n) is 1.76. The van der Waals surface area contributed by atoms with Gasteiger partial charge in [0.1, 0.15) is 0 Å². The van der Waals surface area contributed by atoms with E-state index in [1.165, 1.54) is 4.01 Å². The maximum Gasteiger partial charge on any atom is 0.250 e. The Morgan fingerprint density at radius 2 is 2.08 bits per heavy atom. The molecule has 4 heteroatoms. The zero-order chi connectivity index (χ0) is 8.72. The second-order valence-corrected chi connectivity index (χ2v) is 4.61. The first-order chi connectivity index (χ1) is 5.70. The first-order valence-corrected chi connectivity index (χ1v) is 5.21. The number of fused-ring (bicyclic) bond motifs is 1. The molecule has 2 rings (SSSR count). The number of carbonyl (C=O) groups is 1. The third kappa shape index (κ3) is 0.956. The molecule has 0 saturated heterocycles. The minimum Gasteiger partial charge on any atom is -0.366 e. The zero-order valence-electron chi connectivity index (χ0n) is 6.46. The molecule has 2 N–H and O–H groups in total. The van der Waals surface area contributed by atoms with Crippen molar-refractivity contribution in [1.29, 1.82) is 0 Å². The molecule has 2 heterocycles. The van der Waals surface area contributed by atoms with E-state index in [-0.39, 0.29) is 5.91 Å². The molecule has 0 spiro atoms. The Bertz CT molecular complexity index is 441. The number of aryl methyl sites for hydroxylation is 1. The maximum atomic E-state index is 11.0. The van der Waals surface area contributed by atoms with E-state index >= 15 is 0 Å². The van der Waals surface area contributed by atoms with E-state index < -0.39 is 0 Å². The lowest BCUT2D eigenvalue weighted by Gasteiger charge is -1.89. The molecule has 2 aromatic heterocycles. The molecule has 12 heavy (non-hydrogen) atoms. The van der Waals surface area contributed by atoms with Crippen molar-refractivity contribution in [1.82, 2.24) is 0 Å². The van der Waals surface area contributed by atoms with Gasteiger partial charge < -0.3 is 5.73 Å². The lowest BCUT2D eigenvalue weighted by molar-refractivity contribution is 0.100. The molecule has 0 fully saturated rings. The number of rotatable bonds is 1. The third-order valence-corrected chi connectivity index (χ3v) is 4.00. The van der Waals surface area contributed by atoms with Crippen LogP contribution in [0.5, 0.6) is 0 Å². The Morgan fingerprint density at radius 3 is 2.75 bits per heavy atom. The van der Waals surface area contributed by atoms with Gasteiger partial charge in [0.05, 0.1) is 9.58 Å². The molecule has 2 nitrogen and oxygen atoms in total. The lowest BCUT2D eigenvalue weighted by Crippen LogP contribution is -2.09. The Kier molecular flexibility index (Phi) is 1.66. The SMILES string of the molecule is Cc1csc2scc(C(N)=O)c12. The zero-order valence-corrected chi connectivity index (χ0v) is 8.09. The highest BCUT2D eigenvalue weighted by molar-refractivity contribution is 7.37. The van der Waals surface area contributed by atoms with Crippen LogP contribution in [0.3, 0.4) is 0 Å². The van der Waals surface area contributed by atoms with Crippen LogP contribution in [0, 0.1) is 6.92 Å². The first-order valence-electron chi connectivity index (χ1n) is 3.45. The number of nitrogens with two attached hydrogens (primary N) is 1. The molecule has 0 bridgehead atoms. The van der Waals surface area contributed by atoms with E-state index in [1.54, 1.807) is 22.7 Å². The average Bonchev–Trinajstić information content (AvgIpc) is 2.53. The number of amides is 1. The van der Waals surface area contributed by atoms with Gasteiger partial charge in [-0.05, 0) is 17.9 Å². The van der Waals surface area contributed by atoms with Crippen molar-refractivity contribution >= 4 is 38.0 Å². The molecular weight excluding hydrogens is 190 g/mol. The second kappa shape index (κ2) is 2.57. The fourth-order valence-electron chi connectivity index (χ4n) is 1.18. The van der Waals surface area contributed by atoms with Gasteiger partial charge in [0, 0.05) is 10.8 Å². The van der Waals surface area contributed by atoms with Crippen LogP contribution in [0.4, 0.5) is 0 Å². The fraction of sp³-hybridized carbons (Fsp3) is 0.125. The Balaban J connectivity index is 2.83. The molecule has 0 aliphatic carbocycles. The molecule has 62 valence electrons. The van der Waals surface area contributed by atoms with Gasteiger partial charge in [-0.2, -0.15) is 0 Å². The minimum atomic E-state index is -0.331. The molecule has 0 saturated carbocycles. The topological polar surface area (TPSA) is 43.1 Å². The van der Waals surface area contributed by atoms with Crippen LogP contribution in [0.2, 0.25) is 0 Å². The summed E-state index contributed by atoms with van der Waals surface area (Å²) in [5, 5.41) is 4.92. The summed E-state index contributed by atoms with van der Waals surface area (Å²) in [6, 6.07) is 0. The largest absolute Gasteiger partial charge is 0.366 e. The average molecular weight is 197 g/mol. The van der Waals surface area contributed by atoms with Crippen molar-refractivity contribution in [3.8, 4) is 0 Å². The van der Waals surface area contributed by atoms with Gasteiger partial charge in [-0.3, -0.25) is 4.79 Å². The highest BCUT2D eigenvalue weighted by Gasteiger charge is 2.11. The number of thiophene rings is 2. The minimum absolute atomic E-state index is 0.331. The first kappa shape index (κ1) is 7.76. The van der Waals surface area contributed by atoms with E-state index in [9.17, 15) is 4.79 Å². The molecule has 0 aromatic carbocycles. The summed E-state index contributed by atoms with van der Waals surface area (Å²) in [5.74, 6) is -0.331. The van der Waals surface area contributed by atoms with Gasteiger partial charge in [-0.25, -0.2) is 0 Å². The number of carbonyl (C=O) groups excluding carboxylic acids is 1. The second-order valence-electron chi connectivity index (χ2n) is 2.59. The van der Waals surface area contributed by atoms with E-state index in [2.05, 4.69) is 0 Å². The summed E-state index contributed by atoms with van der Waals surface area (Å²) in [5.41, 5.74) is 7.03. The van der Waals surface area contributed by atoms with E-state index in [1.807, 2.05) is 17.7 Å². The van der Waals surface area contributed by atoms with E-state index in [4.69, 9.17) is 5.73 Å². The molecule has 1 amide bonds. The van der Waals surface area contributed by atoms with Crippen LogP contribution >= 0.6 is 22.7 Å². The van der Waals surface area contributed by atoms with Crippen molar-refractivity contribution in [3.05, 3.63) is 21.9 Å². The molecule has 0 unspecified atom stereocenters. The summed E-state index contributed by atoms with van der Waals surface area (Å²) in [6.45, 7) is 2.00. The normalized spacial score (nSPS) is 10.8. The summed E-state index contributed by atoms with van der Waals surface area (Å²) in [6.07, 6.45) is 0. The Labute approximate surface area is 77.6 Å². The van der Waals surface area contributed by atoms with Crippen molar-refractivity contribution in [2.75, 3.05) is 0 Å². The number of primary amides is 1. The Hall–Kier alpha value is -0.870. The highest BCUT2D eigenvalue weighted by Crippen LogP contribution is 2.33. The van der Waals surface area contributed by atoms with Gasteiger partial charge in [0.2, 0.25) is 5.91 Å². The number of hydrogen-bond acceptors (Lipinski definition) is 3. The molecule has 0 aliphatic rings. The fourth-order valence-corrected chi connectivity index (χ4v) is 3.33. The van der Waals surface area contributed by atoms with Crippen molar-refractivity contribution in [2.24, 2.45) is 5.73 Å². The van der Waals surface area contributed by atoms with Crippen LogP contribution in [0.15, 0.2) is 10.8 Å². The van der Waals surface area contributed by atoms with Gasteiger partial charge >= 0.3 is 0 Å². The van der Waals surface area contributed by atoms with E-state index in [0.29, 0.717) is 5.56 Å². The van der Waals surface area contributed by atoms with Gasteiger partial charge in [0.15, 0.2) is 0 Å². The summed E-state index contributed by atoms with van der Waals surface area (Å²) < 4.78 is 1.18. The smallest absolute Gasteiger partial charge is 0.250 e. The standard InChI is InChI=1S/C8H7NOS2/c1-4-2-11-8-6(4)5(3-12-8)7(9)10/h2-3H,1H3,(H2,9,10). The van der Waals surface area contributed by atoms with E-state index in [0.717, 1.165) is 10.9 Å². The number of hydrogen-bond donors (Lipinski definition) is 1.